The molecule has 0 aliphatic carbocycles. The van der Waals surface area contributed by atoms with E-state index in [1.54, 1.807) is 4.90 Å². The molecule has 2 aliphatic rings. The molecule has 0 saturated carbocycles. The molecule has 2 aliphatic heterocycles. The van der Waals surface area contributed by atoms with Crippen LogP contribution in [0, 0.1) is 5.82 Å². The normalized spacial score (nSPS) is 23.1. The summed E-state index contributed by atoms with van der Waals surface area (Å²) in [6, 6.07) is 5.48. The predicted molar refractivity (Wildman–Crippen MR) is 94.3 cm³/mol. The first kappa shape index (κ1) is 19.0. The Labute approximate surface area is 152 Å². The second-order valence-electron chi connectivity index (χ2n) is 7.07. The Bertz CT molecular complexity index is 771. The zero-order chi connectivity index (χ0) is 18.7. The lowest BCUT2D eigenvalue weighted by molar-refractivity contribution is -0.925. The number of Topliss-reactive ketones (excluding diaryl/α,β-unsaturated/α-hetero) is 1. The van der Waals surface area contributed by atoms with Crippen molar-refractivity contribution in [3.05, 3.63) is 35.6 Å². The number of amides is 1. The van der Waals surface area contributed by atoms with E-state index in [1.165, 1.54) is 29.2 Å². The SMILES string of the molecule is O=C(CCC(=O)N1CC[NH+]([C@H]2CCS(=O)(=O)C2)CC1)c1ccc(F)cc1. The van der Waals surface area contributed by atoms with Gasteiger partial charge < -0.3 is 9.80 Å². The number of hydrogen-bond acceptors (Lipinski definition) is 4. The van der Waals surface area contributed by atoms with Gasteiger partial charge in [0.1, 0.15) is 17.6 Å². The van der Waals surface area contributed by atoms with Crippen LogP contribution in [0.5, 0.6) is 0 Å². The number of hydrogen-bond donors (Lipinski definition) is 1. The molecule has 1 aromatic carbocycles. The van der Waals surface area contributed by atoms with Crippen LogP contribution in [0.3, 0.4) is 0 Å². The number of ketones is 1. The van der Waals surface area contributed by atoms with Gasteiger partial charge in [0.05, 0.1) is 31.9 Å². The van der Waals surface area contributed by atoms with E-state index in [9.17, 15) is 22.4 Å². The number of benzene rings is 1. The monoisotopic (exact) mass is 383 g/mol. The molecule has 2 fully saturated rings. The van der Waals surface area contributed by atoms with Crippen molar-refractivity contribution in [3.8, 4) is 0 Å². The summed E-state index contributed by atoms with van der Waals surface area (Å²) in [5.74, 6) is -0.0945. The molecule has 0 radical (unpaired) electrons. The van der Waals surface area contributed by atoms with Gasteiger partial charge in [0.25, 0.3) is 0 Å². The van der Waals surface area contributed by atoms with E-state index in [0.29, 0.717) is 25.1 Å². The maximum atomic E-state index is 12.9. The number of sulfone groups is 1. The van der Waals surface area contributed by atoms with Gasteiger partial charge in [-0.2, -0.15) is 0 Å². The highest BCUT2D eigenvalue weighted by atomic mass is 32.2. The molecule has 1 N–H and O–H groups in total. The number of carbonyl (C=O) groups is 2. The van der Waals surface area contributed by atoms with Crippen molar-refractivity contribution in [1.82, 2.24) is 4.90 Å². The largest absolute Gasteiger partial charge is 0.331 e. The molecule has 142 valence electrons. The van der Waals surface area contributed by atoms with Gasteiger partial charge >= 0.3 is 0 Å². The smallest absolute Gasteiger partial charge is 0.223 e. The van der Waals surface area contributed by atoms with Crippen molar-refractivity contribution in [2.75, 3.05) is 37.7 Å². The van der Waals surface area contributed by atoms with Crippen molar-refractivity contribution >= 4 is 21.5 Å². The molecule has 0 aromatic heterocycles. The van der Waals surface area contributed by atoms with Crippen LogP contribution >= 0.6 is 0 Å². The molecule has 0 bridgehead atoms. The lowest BCUT2D eigenvalue weighted by Gasteiger charge is -2.35. The predicted octanol–water partition coefficient (Wildman–Crippen LogP) is -0.297. The number of nitrogens with zero attached hydrogens (tertiary/aromatic N) is 1. The molecule has 1 amide bonds. The Kier molecular flexibility index (Phi) is 5.72. The van der Waals surface area contributed by atoms with Crippen molar-refractivity contribution in [2.45, 2.75) is 25.3 Å². The third-order valence-corrected chi connectivity index (χ3v) is 7.07. The molecule has 0 unspecified atom stereocenters. The number of carbonyl (C=O) groups excluding carboxylic acids is 2. The summed E-state index contributed by atoms with van der Waals surface area (Å²) in [5, 5.41) is 0. The molecular formula is C18H24FN2O4S+. The van der Waals surface area contributed by atoms with Gasteiger partial charge in [0, 0.05) is 24.8 Å². The van der Waals surface area contributed by atoms with Gasteiger partial charge in [-0.15, -0.1) is 0 Å². The molecule has 1 atom stereocenters. The van der Waals surface area contributed by atoms with Crippen LogP contribution in [-0.2, 0) is 14.6 Å². The highest BCUT2D eigenvalue weighted by Gasteiger charge is 2.37. The molecule has 6 nitrogen and oxygen atoms in total. The van der Waals surface area contributed by atoms with Crippen LogP contribution in [0.1, 0.15) is 29.6 Å². The number of piperazine rings is 1. The zero-order valence-corrected chi connectivity index (χ0v) is 15.4. The second kappa shape index (κ2) is 7.84. The van der Waals surface area contributed by atoms with Crippen molar-refractivity contribution in [1.29, 1.82) is 0 Å². The van der Waals surface area contributed by atoms with Gasteiger partial charge in [-0.3, -0.25) is 9.59 Å². The molecule has 3 rings (SSSR count). The van der Waals surface area contributed by atoms with E-state index >= 15 is 0 Å². The van der Waals surface area contributed by atoms with Gasteiger partial charge in [-0.05, 0) is 24.3 Å². The van der Waals surface area contributed by atoms with Crippen LogP contribution in [0.2, 0.25) is 0 Å². The van der Waals surface area contributed by atoms with Gasteiger partial charge in [-0.25, -0.2) is 12.8 Å². The highest BCUT2D eigenvalue weighted by Crippen LogP contribution is 2.11. The first-order chi connectivity index (χ1) is 12.3. The average molecular weight is 383 g/mol. The van der Waals surface area contributed by atoms with Crippen molar-refractivity contribution in [3.63, 3.8) is 0 Å². The third-order valence-electron chi connectivity index (χ3n) is 5.30. The Morgan fingerprint density at radius 2 is 1.77 bits per heavy atom. The summed E-state index contributed by atoms with van der Waals surface area (Å²) in [4.78, 5) is 27.4. The van der Waals surface area contributed by atoms with E-state index in [-0.39, 0.29) is 42.1 Å². The molecular weight excluding hydrogens is 359 g/mol. The van der Waals surface area contributed by atoms with Crippen molar-refractivity contribution < 1.29 is 27.3 Å². The minimum atomic E-state index is -2.88. The summed E-state index contributed by atoms with van der Waals surface area (Å²) in [7, 11) is -2.88. The first-order valence-corrected chi connectivity index (χ1v) is 10.8. The van der Waals surface area contributed by atoms with Crippen LogP contribution in [0.25, 0.3) is 0 Å². The fraction of sp³-hybridized carbons (Fsp3) is 0.556. The van der Waals surface area contributed by atoms with E-state index in [2.05, 4.69) is 0 Å². The van der Waals surface area contributed by atoms with Crippen LogP contribution in [0.15, 0.2) is 24.3 Å². The fourth-order valence-corrected chi connectivity index (χ4v) is 5.55. The summed E-state index contributed by atoms with van der Waals surface area (Å²) < 4.78 is 36.1. The van der Waals surface area contributed by atoms with Gasteiger partial charge in [-0.1, -0.05) is 0 Å². The lowest BCUT2D eigenvalue weighted by atomic mass is 10.1. The van der Waals surface area contributed by atoms with Crippen LogP contribution in [0.4, 0.5) is 4.39 Å². The number of rotatable bonds is 5. The topological polar surface area (TPSA) is 76.0 Å². The zero-order valence-electron chi connectivity index (χ0n) is 14.6. The minimum absolute atomic E-state index is 0.0569. The Balaban J connectivity index is 1.44. The maximum absolute atomic E-state index is 12.9. The minimum Gasteiger partial charge on any atom is -0.331 e. The number of nitrogens with one attached hydrogen (secondary N) is 1. The first-order valence-electron chi connectivity index (χ1n) is 8.95. The van der Waals surface area contributed by atoms with E-state index in [4.69, 9.17) is 0 Å². The lowest BCUT2D eigenvalue weighted by Crippen LogP contribution is -3.18. The quantitative estimate of drug-likeness (QED) is 0.709. The van der Waals surface area contributed by atoms with Crippen LogP contribution < -0.4 is 4.90 Å². The van der Waals surface area contributed by atoms with E-state index in [1.807, 2.05) is 0 Å². The standard InChI is InChI=1S/C18H23FN2O4S/c19-15-3-1-14(2-4-15)17(22)5-6-18(23)21-10-8-20(9-11-21)16-7-12-26(24,25)13-16/h1-4,16H,5-13H2/p+1/t16-/m0/s1. The van der Waals surface area contributed by atoms with Crippen LogP contribution in [-0.4, -0.2) is 68.7 Å². The molecule has 2 heterocycles. The Hall–Kier alpha value is -1.80. The molecule has 1 aromatic rings. The summed E-state index contributed by atoms with van der Waals surface area (Å²) in [6.07, 6.45) is 0.958. The summed E-state index contributed by atoms with van der Waals surface area (Å²) in [6.45, 7) is 2.68. The average Bonchev–Trinajstić information content (AvgIpc) is 3.00. The molecule has 2 saturated heterocycles. The maximum Gasteiger partial charge on any atom is 0.223 e. The summed E-state index contributed by atoms with van der Waals surface area (Å²) in [5.41, 5.74) is 0.413. The Morgan fingerprint density at radius 3 is 2.35 bits per heavy atom. The highest BCUT2D eigenvalue weighted by molar-refractivity contribution is 7.91. The van der Waals surface area contributed by atoms with Gasteiger partial charge in [0.15, 0.2) is 15.6 Å². The van der Waals surface area contributed by atoms with E-state index in [0.717, 1.165) is 13.1 Å². The van der Waals surface area contributed by atoms with Crippen molar-refractivity contribution in [2.24, 2.45) is 0 Å². The van der Waals surface area contributed by atoms with Gasteiger partial charge in [0.2, 0.25) is 5.91 Å². The summed E-state index contributed by atoms with van der Waals surface area (Å²) >= 11 is 0. The molecule has 0 spiro atoms. The molecule has 8 heteroatoms. The third kappa shape index (κ3) is 4.67. The Morgan fingerprint density at radius 1 is 1.12 bits per heavy atom. The molecule has 26 heavy (non-hydrogen) atoms. The van der Waals surface area contributed by atoms with E-state index < -0.39 is 15.7 Å². The second-order valence-corrected chi connectivity index (χ2v) is 9.30. The fourth-order valence-electron chi connectivity index (χ4n) is 3.73. The number of halogens is 1. The number of quaternary nitrogens is 1.